The van der Waals surface area contributed by atoms with E-state index < -0.39 is 0 Å². The molecule has 2 heteroatoms. The largest absolute Gasteiger partial charge is 0.302 e. The summed E-state index contributed by atoms with van der Waals surface area (Å²) in [6, 6.07) is 0.882. The van der Waals surface area contributed by atoms with Gasteiger partial charge in [-0.15, -0.1) is 0 Å². The predicted molar refractivity (Wildman–Crippen MR) is 65.1 cm³/mol. The monoisotopic (exact) mass is 210 g/mol. The van der Waals surface area contributed by atoms with Crippen molar-refractivity contribution in [2.75, 3.05) is 32.7 Å². The molecule has 0 amide bonds. The number of hydrogen-bond donors (Lipinski definition) is 0. The third-order valence-corrected chi connectivity index (χ3v) is 4.11. The lowest BCUT2D eigenvalue weighted by Gasteiger charge is -2.49. The van der Waals surface area contributed by atoms with Crippen LogP contribution in [-0.4, -0.2) is 48.6 Å². The minimum atomic E-state index is 0.882. The van der Waals surface area contributed by atoms with Gasteiger partial charge in [0.1, 0.15) is 0 Å². The molecule has 15 heavy (non-hydrogen) atoms. The van der Waals surface area contributed by atoms with E-state index in [1.165, 1.54) is 58.4 Å². The SMILES string of the molecule is CCCN(CCC)C1CN2CCC1CC2. The highest BCUT2D eigenvalue weighted by Crippen LogP contribution is 2.30. The van der Waals surface area contributed by atoms with Crippen LogP contribution >= 0.6 is 0 Å². The fraction of sp³-hybridized carbons (Fsp3) is 1.00. The van der Waals surface area contributed by atoms with Crippen LogP contribution < -0.4 is 0 Å². The zero-order valence-electron chi connectivity index (χ0n) is 10.4. The van der Waals surface area contributed by atoms with E-state index >= 15 is 0 Å². The summed E-state index contributed by atoms with van der Waals surface area (Å²) in [6.45, 7) is 11.3. The molecular weight excluding hydrogens is 184 g/mol. The molecule has 0 aromatic heterocycles. The molecule has 1 unspecified atom stereocenters. The molecule has 0 N–H and O–H groups in total. The summed E-state index contributed by atoms with van der Waals surface area (Å²) in [5.41, 5.74) is 0. The second kappa shape index (κ2) is 5.31. The molecule has 0 saturated carbocycles. The smallest absolute Gasteiger partial charge is 0.0252 e. The Morgan fingerprint density at radius 1 is 1.07 bits per heavy atom. The summed E-state index contributed by atoms with van der Waals surface area (Å²) in [4.78, 5) is 5.43. The summed E-state index contributed by atoms with van der Waals surface area (Å²) < 4.78 is 0. The summed E-state index contributed by atoms with van der Waals surface area (Å²) in [5.74, 6) is 1.01. The van der Waals surface area contributed by atoms with E-state index in [9.17, 15) is 0 Å². The van der Waals surface area contributed by atoms with E-state index in [0.717, 1.165) is 12.0 Å². The maximum Gasteiger partial charge on any atom is 0.0252 e. The number of hydrogen-bond acceptors (Lipinski definition) is 2. The van der Waals surface area contributed by atoms with Crippen LogP contribution in [0.25, 0.3) is 0 Å². The van der Waals surface area contributed by atoms with E-state index in [1.54, 1.807) is 0 Å². The van der Waals surface area contributed by atoms with Gasteiger partial charge < -0.3 is 4.90 Å². The molecule has 0 aromatic rings. The Labute approximate surface area is 94.6 Å². The zero-order chi connectivity index (χ0) is 10.7. The molecular formula is C13H26N2. The summed E-state index contributed by atoms with van der Waals surface area (Å²) in [7, 11) is 0. The van der Waals surface area contributed by atoms with E-state index in [0.29, 0.717) is 0 Å². The molecule has 3 heterocycles. The third-order valence-electron chi connectivity index (χ3n) is 4.11. The predicted octanol–water partition coefficient (Wildman–Crippen LogP) is 2.20. The first-order valence-electron chi connectivity index (χ1n) is 6.81. The lowest BCUT2D eigenvalue weighted by molar-refractivity contribution is 0.00523. The third kappa shape index (κ3) is 2.54. The number of piperidine rings is 3. The second-order valence-electron chi connectivity index (χ2n) is 5.24. The van der Waals surface area contributed by atoms with Crippen molar-refractivity contribution in [3.8, 4) is 0 Å². The molecule has 3 saturated heterocycles. The Morgan fingerprint density at radius 3 is 2.07 bits per heavy atom. The van der Waals surface area contributed by atoms with Crippen molar-refractivity contribution in [1.29, 1.82) is 0 Å². The van der Waals surface area contributed by atoms with Crippen molar-refractivity contribution in [1.82, 2.24) is 9.80 Å². The summed E-state index contributed by atoms with van der Waals surface area (Å²) in [6.07, 6.45) is 5.52. The van der Waals surface area contributed by atoms with Gasteiger partial charge in [0, 0.05) is 12.6 Å². The molecule has 0 spiro atoms. The van der Waals surface area contributed by atoms with Crippen LogP contribution in [0.5, 0.6) is 0 Å². The van der Waals surface area contributed by atoms with Crippen LogP contribution in [0, 0.1) is 5.92 Å². The topological polar surface area (TPSA) is 6.48 Å². The lowest BCUT2D eigenvalue weighted by Crippen LogP contribution is -2.57. The standard InChI is InChI=1S/C13H26N2/c1-3-7-15(8-4-2)13-11-14-9-5-12(13)6-10-14/h12-13H,3-11H2,1-2H3. The normalized spacial score (nSPS) is 35.0. The van der Waals surface area contributed by atoms with Crippen molar-refractivity contribution in [3.63, 3.8) is 0 Å². The van der Waals surface area contributed by atoms with Crippen molar-refractivity contribution >= 4 is 0 Å². The highest BCUT2D eigenvalue weighted by Gasteiger charge is 2.36. The van der Waals surface area contributed by atoms with Gasteiger partial charge in [-0.25, -0.2) is 0 Å². The number of fused-ring (bicyclic) bond motifs is 3. The molecule has 0 aliphatic carbocycles. The quantitative estimate of drug-likeness (QED) is 0.686. The average Bonchev–Trinajstić information content (AvgIpc) is 2.30. The van der Waals surface area contributed by atoms with Gasteiger partial charge in [-0.1, -0.05) is 13.8 Å². The molecule has 2 nitrogen and oxygen atoms in total. The first kappa shape index (κ1) is 11.4. The Hall–Kier alpha value is -0.0800. The van der Waals surface area contributed by atoms with Gasteiger partial charge in [-0.05, 0) is 57.8 Å². The van der Waals surface area contributed by atoms with Crippen LogP contribution in [0.1, 0.15) is 39.5 Å². The molecule has 3 aliphatic rings. The first-order chi connectivity index (χ1) is 7.35. The van der Waals surface area contributed by atoms with Crippen LogP contribution in [0.3, 0.4) is 0 Å². The Morgan fingerprint density at radius 2 is 1.67 bits per heavy atom. The van der Waals surface area contributed by atoms with Crippen LogP contribution in [0.2, 0.25) is 0 Å². The van der Waals surface area contributed by atoms with Crippen molar-refractivity contribution in [2.24, 2.45) is 5.92 Å². The Kier molecular flexibility index (Phi) is 4.04. The van der Waals surface area contributed by atoms with E-state index in [1.807, 2.05) is 0 Å². The average molecular weight is 210 g/mol. The van der Waals surface area contributed by atoms with Gasteiger partial charge in [0.25, 0.3) is 0 Å². The van der Waals surface area contributed by atoms with Crippen molar-refractivity contribution < 1.29 is 0 Å². The van der Waals surface area contributed by atoms with Gasteiger partial charge in [0.15, 0.2) is 0 Å². The van der Waals surface area contributed by atoms with Crippen molar-refractivity contribution in [2.45, 2.75) is 45.6 Å². The molecule has 88 valence electrons. The molecule has 1 atom stereocenters. The van der Waals surface area contributed by atoms with Crippen molar-refractivity contribution in [3.05, 3.63) is 0 Å². The van der Waals surface area contributed by atoms with Crippen LogP contribution in [0.15, 0.2) is 0 Å². The van der Waals surface area contributed by atoms with E-state index in [2.05, 4.69) is 23.6 Å². The summed E-state index contributed by atoms with van der Waals surface area (Å²) >= 11 is 0. The summed E-state index contributed by atoms with van der Waals surface area (Å²) in [5, 5.41) is 0. The van der Waals surface area contributed by atoms with E-state index in [4.69, 9.17) is 0 Å². The van der Waals surface area contributed by atoms with Gasteiger partial charge in [-0.2, -0.15) is 0 Å². The number of rotatable bonds is 5. The first-order valence-corrected chi connectivity index (χ1v) is 6.81. The molecule has 2 bridgehead atoms. The van der Waals surface area contributed by atoms with E-state index in [-0.39, 0.29) is 0 Å². The number of nitrogens with zero attached hydrogens (tertiary/aromatic N) is 2. The Bertz CT molecular complexity index is 179. The maximum absolute atomic E-state index is 2.76. The Balaban J connectivity index is 1.94. The lowest BCUT2D eigenvalue weighted by atomic mass is 9.83. The molecule has 3 aliphatic heterocycles. The molecule has 0 aromatic carbocycles. The highest BCUT2D eigenvalue weighted by atomic mass is 15.2. The van der Waals surface area contributed by atoms with Gasteiger partial charge in [-0.3, -0.25) is 4.90 Å². The fourth-order valence-corrected chi connectivity index (χ4v) is 3.37. The molecule has 0 radical (unpaired) electrons. The highest BCUT2D eigenvalue weighted by molar-refractivity contribution is 4.92. The minimum absolute atomic E-state index is 0.882. The van der Waals surface area contributed by atoms with Gasteiger partial charge >= 0.3 is 0 Å². The van der Waals surface area contributed by atoms with Gasteiger partial charge in [0.05, 0.1) is 0 Å². The minimum Gasteiger partial charge on any atom is -0.302 e. The van der Waals surface area contributed by atoms with Crippen LogP contribution in [0.4, 0.5) is 0 Å². The van der Waals surface area contributed by atoms with Crippen LogP contribution in [-0.2, 0) is 0 Å². The maximum atomic E-state index is 2.76. The zero-order valence-corrected chi connectivity index (χ0v) is 10.4. The molecule has 3 fully saturated rings. The molecule has 3 rings (SSSR count). The van der Waals surface area contributed by atoms with Gasteiger partial charge in [0.2, 0.25) is 0 Å². The second-order valence-corrected chi connectivity index (χ2v) is 5.24. The fourth-order valence-electron chi connectivity index (χ4n) is 3.37.